The van der Waals surface area contributed by atoms with E-state index >= 15 is 0 Å². The lowest BCUT2D eigenvalue weighted by Crippen LogP contribution is -2.33. The van der Waals surface area contributed by atoms with Crippen molar-refractivity contribution >= 4 is 40.2 Å². The van der Waals surface area contributed by atoms with Gasteiger partial charge in [0.25, 0.3) is 0 Å². The molecule has 1 N–H and O–H groups in total. The van der Waals surface area contributed by atoms with Crippen molar-refractivity contribution in [1.82, 2.24) is 9.47 Å². The molecule has 1 saturated carbocycles. The molecule has 1 aliphatic carbocycles. The zero-order valence-electron chi connectivity index (χ0n) is 19.9. The Morgan fingerprint density at radius 3 is 2.41 bits per heavy atom. The summed E-state index contributed by atoms with van der Waals surface area (Å²) in [6.45, 7) is 5.60. The molecule has 0 bridgehead atoms. The highest BCUT2D eigenvalue weighted by atomic mass is 35.5. The fraction of sp³-hybridized carbons (Fsp3) is 0.407. The highest BCUT2D eigenvalue weighted by molar-refractivity contribution is 6.30. The van der Waals surface area contributed by atoms with Gasteiger partial charge in [0, 0.05) is 42.2 Å². The Bertz CT molecular complexity index is 1150. The van der Waals surface area contributed by atoms with Gasteiger partial charge in [-0.05, 0) is 62.6 Å². The number of nitrogens with zero attached hydrogens (tertiary/aromatic N) is 2. The number of fused-ring (bicyclic) bond motifs is 1. The van der Waals surface area contributed by atoms with Gasteiger partial charge in [0.05, 0.1) is 11.2 Å². The van der Waals surface area contributed by atoms with Crippen LogP contribution >= 0.6 is 11.6 Å². The van der Waals surface area contributed by atoms with E-state index in [-0.39, 0.29) is 11.8 Å². The summed E-state index contributed by atoms with van der Waals surface area (Å²) in [5, 5.41) is 4.68. The molecule has 1 aromatic heterocycles. The predicted molar refractivity (Wildman–Crippen MR) is 137 cm³/mol. The first kappa shape index (κ1) is 24.1. The first-order valence-electron chi connectivity index (χ1n) is 12.1. The van der Waals surface area contributed by atoms with Crippen LogP contribution in [0.15, 0.2) is 48.7 Å². The molecule has 0 spiro atoms. The van der Waals surface area contributed by atoms with Crippen LogP contribution in [0.4, 0.5) is 10.5 Å². The maximum Gasteiger partial charge on any atom is 0.415 e. The third-order valence-corrected chi connectivity index (χ3v) is 6.88. The molecule has 1 heterocycles. The highest BCUT2D eigenvalue weighted by Crippen LogP contribution is 2.36. The first-order chi connectivity index (χ1) is 16.5. The largest absolute Gasteiger partial charge is 0.415 e. The van der Waals surface area contributed by atoms with Crippen molar-refractivity contribution in [3.63, 3.8) is 0 Å². The Kier molecular flexibility index (Phi) is 7.78. The van der Waals surface area contributed by atoms with Gasteiger partial charge in [-0.3, -0.25) is 4.79 Å². The van der Waals surface area contributed by atoms with Crippen LogP contribution in [0.2, 0.25) is 5.02 Å². The van der Waals surface area contributed by atoms with E-state index in [1.807, 2.05) is 56.4 Å². The third kappa shape index (κ3) is 5.39. The fourth-order valence-corrected chi connectivity index (χ4v) is 4.75. The van der Waals surface area contributed by atoms with Crippen LogP contribution in [0.3, 0.4) is 0 Å². The summed E-state index contributed by atoms with van der Waals surface area (Å²) in [7, 11) is 0. The average Bonchev–Trinajstić information content (AvgIpc) is 3.26. The van der Waals surface area contributed by atoms with Gasteiger partial charge in [-0.2, -0.15) is 0 Å². The second-order valence-corrected chi connectivity index (χ2v) is 9.24. The molecule has 180 valence electrons. The van der Waals surface area contributed by atoms with Crippen molar-refractivity contribution in [2.24, 2.45) is 5.92 Å². The van der Waals surface area contributed by atoms with Crippen molar-refractivity contribution < 1.29 is 14.3 Å². The maximum absolute atomic E-state index is 13.1. The number of hydrogen-bond acceptors (Lipinski definition) is 3. The smallest absolute Gasteiger partial charge is 0.408 e. The monoisotopic (exact) mass is 481 g/mol. The Labute approximate surface area is 205 Å². The van der Waals surface area contributed by atoms with E-state index in [2.05, 4.69) is 9.88 Å². The molecule has 0 atom stereocenters. The van der Waals surface area contributed by atoms with Crippen molar-refractivity contribution in [3.8, 4) is 5.75 Å². The number of hydrogen-bond donors (Lipinski definition) is 1. The molecule has 7 heteroatoms. The van der Waals surface area contributed by atoms with Crippen LogP contribution in [0.25, 0.3) is 10.9 Å². The lowest BCUT2D eigenvalue weighted by atomic mass is 9.88. The third-order valence-electron chi connectivity index (χ3n) is 6.62. The minimum absolute atomic E-state index is 0.00205. The van der Waals surface area contributed by atoms with Crippen molar-refractivity contribution in [2.75, 3.05) is 18.4 Å². The number of nitrogens with one attached hydrogen (secondary N) is 1. The number of carbonyl (C=O) groups excluding carboxylic acids is 2. The Hall–Kier alpha value is -2.99. The summed E-state index contributed by atoms with van der Waals surface area (Å²) in [4.78, 5) is 27.5. The van der Waals surface area contributed by atoms with Crippen LogP contribution in [-0.2, 0) is 11.3 Å². The number of aromatic nitrogens is 1. The molecule has 1 aliphatic rings. The topological polar surface area (TPSA) is 63.6 Å². The van der Waals surface area contributed by atoms with Gasteiger partial charge >= 0.3 is 6.09 Å². The lowest BCUT2D eigenvalue weighted by molar-refractivity contribution is -0.120. The number of amides is 2. The second kappa shape index (κ2) is 11.0. The molecule has 0 unspecified atom stereocenters. The van der Waals surface area contributed by atoms with Crippen molar-refractivity contribution in [1.29, 1.82) is 0 Å². The Morgan fingerprint density at radius 1 is 1.03 bits per heavy atom. The quantitative estimate of drug-likeness (QED) is 0.408. The van der Waals surface area contributed by atoms with Crippen LogP contribution in [-0.4, -0.2) is 34.6 Å². The van der Waals surface area contributed by atoms with E-state index in [1.54, 1.807) is 11.0 Å². The number of rotatable bonds is 7. The summed E-state index contributed by atoms with van der Waals surface area (Å²) in [6, 6.07) is 13.4. The number of ether oxygens (including phenoxy) is 1. The number of carbonyl (C=O) groups is 2. The minimum atomic E-state index is -0.418. The van der Waals surface area contributed by atoms with Gasteiger partial charge in [-0.15, -0.1) is 0 Å². The molecule has 4 rings (SSSR count). The van der Waals surface area contributed by atoms with E-state index in [0.29, 0.717) is 36.1 Å². The average molecular weight is 482 g/mol. The number of anilines is 1. The van der Waals surface area contributed by atoms with Gasteiger partial charge in [-0.1, -0.05) is 43.0 Å². The molecule has 1 fully saturated rings. The summed E-state index contributed by atoms with van der Waals surface area (Å²) in [5.74, 6) is 0.363. The summed E-state index contributed by atoms with van der Waals surface area (Å²) in [5.41, 5.74) is 2.63. The van der Waals surface area contributed by atoms with Crippen LogP contribution < -0.4 is 10.1 Å². The molecule has 0 saturated heterocycles. The zero-order valence-corrected chi connectivity index (χ0v) is 20.6. The van der Waals surface area contributed by atoms with Gasteiger partial charge < -0.3 is 19.5 Å². The van der Waals surface area contributed by atoms with E-state index in [1.165, 1.54) is 6.42 Å². The summed E-state index contributed by atoms with van der Waals surface area (Å²) in [6.07, 6.45) is 6.69. The number of benzene rings is 2. The van der Waals surface area contributed by atoms with Gasteiger partial charge in [0.2, 0.25) is 5.91 Å². The Morgan fingerprint density at radius 2 is 1.74 bits per heavy atom. The Balaban J connectivity index is 1.68. The van der Waals surface area contributed by atoms with Gasteiger partial charge in [0.1, 0.15) is 0 Å². The lowest BCUT2D eigenvalue weighted by Gasteiger charge is -2.23. The molecular weight excluding hydrogens is 450 g/mol. The molecule has 3 aromatic rings. The second-order valence-electron chi connectivity index (χ2n) is 8.81. The minimum Gasteiger partial charge on any atom is -0.408 e. The van der Waals surface area contributed by atoms with Gasteiger partial charge in [-0.25, -0.2) is 4.79 Å². The van der Waals surface area contributed by atoms with E-state index < -0.39 is 6.09 Å². The summed E-state index contributed by atoms with van der Waals surface area (Å²) >= 11 is 6.03. The summed E-state index contributed by atoms with van der Waals surface area (Å²) < 4.78 is 7.89. The fourth-order valence-electron chi connectivity index (χ4n) is 4.62. The molecule has 2 aromatic carbocycles. The molecule has 0 aliphatic heterocycles. The van der Waals surface area contributed by atoms with Crippen molar-refractivity contribution in [3.05, 3.63) is 59.2 Å². The van der Waals surface area contributed by atoms with Crippen molar-refractivity contribution in [2.45, 2.75) is 52.5 Å². The van der Waals surface area contributed by atoms with Crippen LogP contribution in [0, 0.1) is 5.92 Å². The van der Waals surface area contributed by atoms with E-state index in [0.717, 1.165) is 42.1 Å². The standard InChI is InChI=1S/C27H32ClN3O3/c1-3-30(4-2)27(33)34-24-15-14-23-22(25(24)29-26(32)20-8-6-5-7-9-20)16-17-31(23)18-19-10-12-21(28)13-11-19/h10-17,20H,3-9,18H2,1-2H3,(H,29,32). The normalized spacial score (nSPS) is 14.2. The molecular formula is C27H32ClN3O3. The zero-order chi connectivity index (χ0) is 24.1. The number of halogens is 1. The van der Waals surface area contributed by atoms with E-state index in [4.69, 9.17) is 16.3 Å². The first-order valence-corrected chi connectivity index (χ1v) is 12.5. The van der Waals surface area contributed by atoms with Crippen LogP contribution in [0.1, 0.15) is 51.5 Å². The highest BCUT2D eigenvalue weighted by Gasteiger charge is 2.24. The van der Waals surface area contributed by atoms with E-state index in [9.17, 15) is 9.59 Å². The van der Waals surface area contributed by atoms with Crippen LogP contribution in [0.5, 0.6) is 5.75 Å². The molecule has 34 heavy (non-hydrogen) atoms. The molecule has 6 nitrogen and oxygen atoms in total. The SMILES string of the molecule is CCN(CC)C(=O)Oc1ccc2c(ccn2Cc2ccc(Cl)cc2)c1NC(=O)C1CCCCC1. The maximum atomic E-state index is 13.1. The molecule has 0 radical (unpaired) electrons. The molecule has 2 amide bonds. The van der Waals surface area contributed by atoms with Gasteiger partial charge in [0.15, 0.2) is 5.75 Å². The predicted octanol–water partition coefficient (Wildman–Crippen LogP) is 6.70.